The van der Waals surface area contributed by atoms with Gasteiger partial charge in [0.1, 0.15) is 10.6 Å². The van der Waals surface area contributed by atoms with Crippen molar-refractivity contribution in [1.29, 1.82) is 0 Å². The minimum Gasteiger partial charge on any atom is -0.506 e. The topological polar surface area (TPSA) is 66.4 Å². The molecule has 0 bridgehead atoms. The van der Waals surface area contributed by atoms with E-state index in [9.17, 15) is 13.5 Å². The third-order valence-corrected chi connectivity index (χ3v) is 3.99. The number of rotatable bonds is 1. The maximum Gasteiger partial charge on any atom is 0.179 e. The number of hydrogen-bond acceptors (Lipinski definition) is 4. The summed E-state index contributed by atoms with van der Waals surface area (Å²) >= 11 is 0. The van der Waals surface area contributed by atoms with Crippen LogP contribution >= 0.6 is 0 Å². The number of nitrogens with one attached hydrogen (secondary N) is 1. The summed E-state index contributed by atoms with van der Waals surface area (Å²) in [5.74, 6) is -0.0660. The highest BCUT2D eigenvalue weighted by molar-refractivity contribution is 7.90. The molecule has 0 fully saturated rings. The minimum atomic E-state index is -3.35. The van der Waals surface area contributed by atoms with Crippen LogP contribution in [0.4, 0.5) is 0 Å². The van der Waals surface area contributed by atoms with Crippen LogP contribution in [-0.2, 0) is 22.7 Å². The molecule has 0 unspecified atom stereocenters. The van der Waals surface area contributed by atoms with Gasteiger partial charge in [-0.2, -0.15) is 0 Å². The molecule has 1 heterocycles. The Labute approximate surface area is 95.2 Å². The summed E-state index contributed by atoms with van der Waals surface area (Å²) in [5.41, 5.74) is 1.81. The van der Waals surface area contributed by atoms with Gasteiger partial charge in [-0.05, 0) is 43.1 Å². The van der Waals surface area contributed by atoms with Crippen molar-refractivity contribution in [2.24, 2.45) is 0 Å². The highest BCUT2D eigenvalue weighted by Gasteiger charge is 2.19. The Morgan fingerprint density at radius 3 is 2.62 bits per heavy atom. The van der Waals surface area contributed by atoms with Crippen molar-refractivity contribution in [3.63, 3.8) is 0 Å². The van der Waals surface area contributed by atoms with Crippen LogP contribution < -0.4 is 5.32 Å². The van der Waals surface area contributed by atoms with Gasteiger partial charge in [0, 0.05) is 6.26 Å². The van der Waals surface area contributed by atoms with E-state index in [1.165, 1.54) is 6.07 Å². The second-order valence-electron chi connectivity index (χ2n) is 4.07. The Balaban J connectivity index is 2.59. The predicted molar refractivity (Wildman–Crippen MR) is 61.5 cm³/mol. The molecule has 0 saturated carbocycles. The smallest absolute Gasteiger partial charge is 0.179 e. The molecule has 1 aromatic rings. The first kappa shape index (κ1) is 11.4. The van der Waals surface area contributed by atoms with Crippen molar-refractivity contribution in [2.75, 3.05) is 19.3 Å². The van der Waals surface area contributed by atoms with E-state index in [-0.39, 0.29) is 10.6 Å². The molecule has 2 N–H and O–H groups in total. The molecule has 0 aliphatic carbocycles. The van der Waals surface area contributed by atoms with E-state index in [0.29, 0.717) is 6.42 Å². The van der Waals surface area contributed by atoms with Crippen LogP contribution in [0.25, 0.3) is 0 Å². The normalized spacial score (nSPS) is 16.6. The molecule has 5 heteroatoms. The fourth-order valence-electron chi connectivity index (χ4n) is 2.03. The number of sulfone groups is 1. The Bertz CT molecular complexity index is 508. The summed E-state index contributed by atoms with van der Waals surface area (Å²) in [7, 11) is -3.35. The summed E-state index contributed by atoms with van der Waals surface area (Å²) in [6.07, 6.45) is 2.61. The van der Waals surface area contributed by atoms with Gasteiger partial charge in [-0.25, -0.2) is 8.42 Å². The van der Waals surface area contributed by atoms with Gasteiger partial charge < -0.3 is 10.4 Å². The summed E-state index contributed by atoms with van der Waals surface area (Å²) in [6.45, 7) is 1.64. The standard InChI is InChI=1S/C11H15NO3S/c1-16(14,15)10-3-2-8-4-6-12-7-5-9(8)11(10)13/h2-3,12-13H,4-7H2,1H3. The number of phenols is 1. The Morgan fingerprint density at radius 2 is 1.94 bits per heavy atom. The summed E-state index contributed by atoms with van der Waals surface area (Å²) < 4.78 is 22.9. The van der Waals surface area contributed by atoms with E-state index < -0.39 is 9.84 Å². The lowest BCUT2D eigenvalue weighted by atomic mass is 10.0. The lowest BCUT2D eigenvalue weighted by molar-refractivity contribution is 0.451. The number of phenolic OH excluding ortho intramolecular Hbond substituents is 1. The molecule has 88 valence electrons. The van der Waals surface area contributed by atoms with Crippen molar-refractivity contribution in [2.45, 2.75) is 17.7 Å². The molecule has 0 spiro atoms. The van der Waals surface area contributed by atoms with Crippen molar-refractivity contribution < 1.29 is 13.5 Å². The number of hydrogen-bond donors (Lipinski definition) is 2. The van der Waals surface area contributed by atoms with Crippen LogP contribution in [0.1, 0.15) is 11.1 Å². The Kier molecular flexibility index (Phi) is 2.90. The molecule has 1 aromatic carbocycles. The molecular formula is C11H15NO3S. The lowest BCUT2D eigenvalue weighted by Crippen LogP contribution is -2.16. The molecule has 0 amide bonds. The highest BCUT2D eigenvalue weighted by Crippen LogP contribution is 2.30. The van der Waals surface area contributed by atoms with Crippen molar-refractivity contribution in [1.82, 2.24) is 5.32 Å². The van der Waals surface area contributed by atoms with Crippen molar-refractivity contribution in [3.05, 3.63) is 23.3 Å². The van der Waals surface area contributed by atoms with Crippen LogP contribution in [0.15, 0.2) is 17.0 Å². The van der Waals surface area contributed by atoms with Gasteiger partial charge in [0.25, 0.3) is 0 Å². The maximum absolute atomic E-state index is 11.4. The largest absolute Gasteiger partial charge is 0.506 e. The highest BCUT2D eigenvalue weighted by atomic mass is 32.2. The van der Waals surface area contributed by atoms with Gasteiger partial charge in [0.15, 0.2) is 9.84 Å². The zero-order chi connectivity index (χ0) is 11.8. The van der Waals surface area contributed by atoms with E-state index in [1.54, 1.807) is 6.07 Å². The zero-order valence-electron chi connectivity index (χ0n) is 9.16. The number of aromatic hydroxyl groups is 1. The van der Waals surface area contributed by atoms with Gasteiger partial charge >= 0.3 is 0 Å². The monoisotopic (exact) mass is 241 g/mol. The van der Waals surface area contributed by atoms with Crippen molar-refractivity contribution >= 4 is 9.84 Å². The molecule has 0 aromatic heterocycles. The predicted octanol–water partition coefficient (Wildman–Crippen LogP) is 0.484. The summed E-state index contributed by atoms with van der Waals surface area (Å²) in [6, 6.07) is 3.30. The SMILES string of the molecule is CS(=O)(=O)c1ccc2c(c1O)CCNCC2. The van der Waals surface area contributed by atoms with Gasteiger partial charge in [-0.3, -0.25) is 0 Å². The zero-order valence-corrected chi connectivity index (χ0v) is 9.97. The molecule has 1 aliphatic rings. The number of fused-ring (bicyclic) bond motifs is 1. The quantitative estimate of drug-likeness (QED) is 0.750. The van der Waals surface area contributed by atoms with Crippen LogP contribution in [0.5, 0.6) is 5.75 Å². The summed E-state index contributed by atoms with van der Waals surface area (Å²) in [4.78, 5) is 0.0353. The van der Waals surface area contributed by atoms with E-state index in [4.69, 9.17) is 0 Å². The second kappa shape index (κ2) is 4.07. The van der Waals surface area contributed by atoms with Gasteiger partial charge in [0.05, 0.1) is 0 Å². The molecule has 16 heavy (non-hydrogen) atoms. The third-order valence-electron chi connectivity index (χ3n) is 2.87. The number of benzene rings is 1. The first-order chi connectivity index (χ1) is 7.50. The third kappa shape index (κ3) is 2.05. The van der Waals surface area contributed by atoms with Crippen molar-refractivity contribution in [3.8, 4) is 5.75 Å². The maximum atomic E-state index is 11.4. The minimum absolute atomic E-state index is 0.0353. The van der Waals surface area contributed by atoms with Crippen LogP contribution in [-0.4, -0.2) is 32.9 Å². The molecule has 0 saturated heterocycles. The molecular weight excluding hydrogens is 226 g/mol. The van der Waals surface area contributed by atoms with Crippen LogP contribution in [0.2, 0.25) is 0 Å². The van der Waals surface area contributed by atoms with Gasteiger partial charge in [-0.1, -0.05) is 6.07 Å². The molecule has 2 rings (SSSR count). The second-order valence-corrected chi connectivity index (χ2v) is 6.06. The van der Waals surface area contributed by atoms with E-state index in [0.717, 1.165) is 36.9 Å². The van der Waals surface area contributed by atoms with Crippen LogP contribution in [0, 0.1) is 0 Å². The lowest BCUT2D eigenvalue weighted by Gasteiger charge is -2.11. The first-order valence-electron chi connectivity index (χ1n) is 5.24. The van der Waals surface area contributed by atoms with E-state index in [2.05, 4.69) is 5.32 Å². The Morgan fingerprint density at radius 1 is 1.25 bits per heavy atom. The van der Waals surface area contributed by atoms with E-state index >= 15 is 0 Å². The first-order valence-corrected chi connectivity index (χ1v) is 7.14. The summed E-state index contributed by atoms with van der Waals surface area (Å²) in [5, 5.41) is 13.2. The van der Waals surface area contributed by atoms with Gasteiger partial charge in [-0.15, -0.1) is 0 Å². The molecule has 0 radical (unpaired) electrons. The van der Waals surface area contributed by atoms with Crippen LogP contribution in [0.3, 0.4) is 0 Å². The van der Waals surface area contributed by atoms with Gasteiger partial charge in [0.2, 0.25) is 0 Å². The molecule has 1 aliphatic heterocycles. The average Bonchev–Trinajstić information content (AvgIpc) is 2.41. The Hall–Kier alpha value is -1.07. The fraction of sp³-hybridized carbons (Fsp3) is 0.455. The molecule has 4 nitrogen and oxygen atoms in total. The average molecular weight is 241 g/mol. The fourth-order valence-corrected chi connectivity index (χ4v) is 2.82. The van der Waals surface area contributed by atoms with E-state index in [1.807, 2.05) is 0 Å². The molecule has 0 atom stereocenters.